The number of benzene rings is 1. The zero-order valence-corrected chi connectivity index (χ0v) is 20.7. The normalized spacial score (nSPS) is 20.3. The molecule has 1 aliphatic heterocycles. The first-order valence-corrected chi connectivity index (χ1v) is 12.1. The van der Waals surface area contributed by atoms with E-state index in [1.54, 1.807) is 0 Å². The van der Waals surface area contributed by atoms with Crippen LogP contribution in [0.3, 0.4) is 0 Å². The molecule has 0 bridgehead atoms. The lowest BCUT2D eigenvalue weighted by molar-refractivity contribution is -0.0178. The van der Waals surface area contributed by atoms with Crippen molar-refractivity contribution in [2.75, 3.05) is 37.0 Å². The van der Waals surface area contributed by atoms with Crippen molar-refractivity contribution in [1.82, 2.24) is 29.3 Å². The van der Waals surface area contributed by atoms with E-state index in [2.05, 4.69) is 11.3 Å². The van der Waals surface area contributed by atoms with Crippen molar-refractivity contribution in [3.63, 3.8) is 0 Å². The molecule has 4 aromatic rings. The van der Waals surface area contributed by atoms with E-state index < -0.39 is 11.6 Å². The molecule has 188 valence electrons. The molecular weight excluding hydrogens is 466 g/mol. The molecule has 11 heteroatoms. The van der Waals surface area contributed by atoms with Gasteiger partial charge in [0.15, 0.2) is 5.65 Å². The smallest absolute Gasteiger partial charge is 0.228 e. The first kappa shape index (κ1) is 22.8. The first-order chi connectivity index (χ1) is 17.3. The molecule has 2 atom stereocenters. The molecule has 2 fully saturated rings. The van der Waals surface area contributed by atoms with Gasteiger partial charge in [0.25, 0.3) is 0 Å². The van der Waals surface area contributed by atoms with Gasteiger partial charge < -0.3 is 19.1 Å². The standard InChI is InChI=1S/C25H28F2N8O/c1-14-11-34(13-20(36-14)15-10-28-35(12-15)17-6-7-17)24-29-21(18-8-5-16(26)9-19(18)27)22-23(30-24)31-25(32(2)3)33(22)4/h5,8-10,12,14,17,20H,6-7,11,13H2,1-4H3/t14-,20+/m1/s1. The lowest BCUT2D eigenvalue weighted by atomic mass is 10.1. The molecule has 1 saturated carbocycles. The Morgan fingerprint density at radius 3 is 2.61 bits per heavy atom. The van der Waals surface area contributed by atoms with Crippen LogP contribution in [0.1, 0.15) is 37.5 Å². The van der Waals surface area contributed by atoms with Crippen LogP contribution < -0.4 is 9.80 Å². The van der Waals surface area contributed by atoms with E-state index in [9.17, 15) is 8.78 Å². The summed E-state index contributed by atoms with van der Waals surface area (Å²) < 4.78 is 38.8. The maximum atomic E-state index is 15.0. The van der Waals surface area contributed by atoms with Gasteiger partial charge in [0.1, 0.15) is 28.9 Å². The van der Waals surface area contributed by atoms with Crippen molar-refractivity contribution in [2.24, 2.45) is 7.05 Å². The number of aromatic nitrogens is 6. The number of nitrogens with zero attached hydrogens (tertiary/aromatic N) is 8. The predicted octanol–water partition coefficient (Wildman–Crippen LogP) is 3.87. The third-order valence-corrected chi connectivity index (χ3v) is 6.74. The summed E-state index contributed by atoms with van der Waals surface area (Å²) >= 11 is 0. The second kappa shape index (κ2) is 8.51. The minimum Gasteiger partial charge on any atom is -0.367 e. The minimum absolute atomic E-state index is 0.0839. The molecule has 9 nitrogen and oxygen atoms in total. The lowest BCUT2D eigenvalue weighted by Gasteiger charge is -2.36. The number of aryl methyl sites for hydroxylation is 1. The van der Waals surface area contributed by atoms with Gasteiger partial charge in [-0.25, -0.2) is 13.8 Å². The highest BCUT2D eigenvalue weighted by Crippen LogP contribution is 2.37. The van der Waals surface area contributed by atoms with Crippen molar-refractivity contribution >= 4 is 23.1 Å². The first-order valence-electron chi connectivity index (χ1n) is 12.1. The van der Waals surface area contributed by atoms with Crippen molar-refractivity contribution in [2.45, 2.75) is 38.0 Å². The van der Waals surface area contributed by atoms with Crippen LogP contribution >= 0.6 is 0 Å². The molecule has 1 aliphatic carbocycles. The van der Waals surface area contributed by atoms with Crippen molar-refractivity contribution in [1.29, 1.82) is 0 Å². The van der Waals surface area contributed by atoms with Gasteiger partial charge in [-0.15, -0.1) is 0 Å². The number of ether oxygens (including phenoxy) is 1. The second-order valence-corrected chi connectivity index (χ2v) is 9.86. The Bertz CT molecular complexity index is 1440. The molecule has 3 aromatic heterocycles. The number of fused-ring (bicyclic) bond motifs is 1. The fourth-order valence-electron chi connectivity index (χ4n) is 4.86. The average molecular weight is 495 g/mol. The van der Waals surface area contributed by atoms with Crippen LogP contribution in [0.25, 0.3) is 22.4 Å². The van der Waals surface area contributed by atoms with Gasteiger partial charge in [0.2, 0.25) is 11.9 Å². The highest BCUT2D eigenvalue weighted by Gasteiger charge is 2.32. The molecule has 0 amide bonds. The predicted molar refractivity (Wildman–Crippen MR) is 132 cm³/mol. The molecule has 0 spiro atoms. The van der Waals surface area contributed by atoms with E-state index in [0.717, 1.165) is 24.5 Å². The van der Waals surface area contributed by atoms with Crippen LogP contribution in [0.15, 0.2) is 30.6 Å². The monoisotopic (exact) mass is 494 g/mol. The number of halogens is 2. The summed E-state index contributed by atoms with van der Waals surface area (Å²) in [7, 11) is 5.59. The van der Waals surface area contributed by atoms with Crippen LogP contribution in [-0.2, 0) is 11.8 Å². The summed E-state index contributed by atoms with van der Waals surface area (Å²) in [4.78, 5) is 18.2. The molecule has 1 aromatic carbocycles. The van der Waals surface area contributed by atoms with Gasteiger partial charge in [-0.2, -0.15) is 15.1 Å². The van der Waals surface area contributed by atoms with Gasteiger partial charge in [-0.3, -0.25) is 4.68 Å². The number of hydrogen-bond donors (Lipinski definition) is 0. The Labute approximate surface area is 207 Å². The summed E-state index contributed by atoms with van der Waals surface area (Å²) in [5.74, 6) is -0.244. The number of morpholine rings is 1. The number of anilines is 2. The molecule has 1 saturated heterocycles. The third kappa shape index (κ3) is 3.97. The van der Waals surface area contributed by atoms with Crippen LogP contribution in [0.4, 0.5) is 20.7 Å². The Morgan fingerprint density at radius 2 is 1.89 bits per heavy atom. The molecule has 0 N–H and O–H groups in total. The number of rotatable bonds is 5. The van der Waals surface area contributed by atoms with E-state index in [0.29, 0.717) is 47.9 Å². The van der Waals surface area contributed by atoms with E-state index in [1.165, 1.54) is 12.1 Å². The molecular formula is C25H28F2N8O. The molecule has 0 radical (unpaired) electrons. The van der Waals surface area contributed by atoms with Crippen LogP contribution in [0.2, 0.25) is 0 Å². The molecule has 0 unspecified atom stereocenters. The van der Waals surface area contributed by atoms with Gasteiger partial charge in [-0.05, 0) is 31.9 Å². The van der Waals surface area contributed by atoms with E-state index >= 15 is 0 Å². The summed E-state index contributed by atoms with van der Waals surface area (Å²) in [6, 6.07) is 4.01. The number of imidazole rings is 1. The maximum Gasteiger partial charge on any atom is 0.228 e. The van der Waals surface area contributed by atoms with Gasteiger partial charge >= 0.3 is 0 Å². The number of hydrogen-bond acceptors (Lipinski definition) is 7. The largest absolute Gasteiger partial charge is 0.367 e. The summed E-state index contributed by atoms with van der Waals surface area (Å²) in [6.07, 6.45) is 5.96. The van der Waals surface area contributed by atoms with Crippen LogP contribution in [0, 0.1) is 11.6 Å². The fraction of sp³-hybridized carbons (Fsp3) is 0.440. The van der Waals surface area contributed by atoms with Gasteiger partial charge in [-0.1, -0.05) is 0 Å². The SMILES string of the molecule is C[C@@H]1CN(c2nc(-c3ccc(F)cc3F)c3c(n2)nc(N(C)C)n3C)C[C@@H](c2cnn(C3CC3)c2)O1. The van der Waals surface area contributed by atoms with Crippen molar-refractivity contribution in [3.05, 3.63) is 47.8 Å². The zero-order chi connectivity index (χ0) is 25.1. The molecule has 36 heavy (non-hydrogen) atoms. The van der Waals surface area contributed by atoms with Gasteiger partial charge in [0, 0.05) is 51.1 Å². The summed E-state index contributed by atoms with van der Waals surface area (Å²) in [5, 5.41) is 4.51. The quantitative estimate of drug-likeness (QED) is 0.417. The average Bonchev–Trinajstić information content (AvgIpc) is 3.46. The fourth-order valence-corrected chi connectivity index (χ4v) is 4.86. The van der Waals surface area contributed by atoms with E-state index in [4.69, 9.17) is 19.7 Å². The topological polar surface area (TPSA) is 77.1 Å². The Kier molecular flexibility index (Phi) is 5.40. The van der Waals surface area contributed by atoms with Crippen molar-refractivity contribution in [3.8, 4) is 11.3 Å². The van der Waals surface area contributed by atoms with E-state index in [-0.39, 0.29) is 17.8 Å². The molecule has 6 rings (SSSR count). The van der Waals surface area contributed by atoms with E-state index in [1.807, 2.05) is 53.3 Å². The minimum atomic E-state index is -0.686. The van der Waals surface area contributed by atoms with Crippen LogP contribution in [-0.4, -0.2) is 62.6 Å². The van der Waals surface area contributed by atoms with Crippen molar-refractivity contribution < 1.29 is 13.5 Å². The third-order valence-electron chi connectivity index (χ3n) is 6.74. The summed E-state index contributed by atoms with van der Waals surface area (Å²) in [6.45, 7) is 3.09. The zero-order valence-electron chi connectivity index (χ0n) is 20.7. The van der Waals surface area contributed by atoms with Crippen LogP contribution in [0.5, 0.6) is 0 Å². The highest BCUT2D eigenvalue weighted by molar-refractivity contribution is 5.90. The summed E-state index contributed by atoms with van der Waals surface area (Å²) in [5.41, 5.74) is 2.60. The Balaban J connectivity index is 1.44. The maximum absolute atomic E-state index is 15.0. The molecule has 4 heterocycles. The van der Waals surface area contributed by atoms with Gasteiger partial charge in [0.05, 0.1) is 24.9 Å². The lowest BCUT2D eigenvalue weighted by Crippen LogP contribution is -2.43. The molecule has 2 aliphatic rings. The Morgan fingerprint density at radius 1 is 1.08 bits per heavy atom. The highest BCUT2D eigenvalue weighted by atomic mass is 19.1. The second-order valence-electron chi connectivity index (χ2n) is 9.86. The Hall–Kier alpha value is -3.60.